The van der Waals surface area contributed by atoms with Crippen molar-refractivity contribution in [1.82, 2.24) is 4.31 Å². The molecule has 0 saturated carbocycles. The van der Waals surface area contributed by atoms with E-state index in [0.29, 0.717) is 13.0 Å². The highest BCUT2D eigenvalue weighted by molar-refractivity contribution is 7.89. The zero-order valence-corrected chi connectivity index (χ0v) is 11.7. The summed E-state index contributed by atoms with van der Waals surface area (Å²) in [5, 5.41) is 8.92. The van der Waals surface area contributed by atoms with Crippen LogP contribution in [-0.2, 0) is 14.8 Å². The molecule has 0 aromatic heterocycles. The Kier molecular flexibility index (Phi) is 4.13. The summed E-state index contributed by atoms with van der Waals surface area (Å²) < 4.78 is 26.1. The predicted molar refractivity (Wildman–Crippen MR) is 70.6 cm³/mol. The number of rotatable bonds is 4. The summed E-state index contributed by atoms with van der Waals surface area (Å²) in [6.07, 6.45) is 0.560. The van der Waals surface area contributed by atoms with Crippen LogP contribution in [0.4, 0.5) is 0 Å². The average molecular weight is 304 g/mol. The molecule has 104 valence electrons. The second-order valence-electron chi connectivity index (χ2n) is 4.55. The topological polar surface area (TPSA) is 74.7 Å². The SMILES string of the molecule is O=C(O)CC1CCN(S(=O)(=O)c2ccccc2Cl)C1. The first-order valence-electron chi connectivity index (χ1n) is 5.87. The van der Waals surface area contributed by atoms with Crippen molar-refractivity contribution in [2.24, 2.45) is 5.92 Å². The summed E-state index contributed by atoms with van der Waals surface area (Å²) in [5.74, 6) is -1.03. The third-order valence-corrected chi connectivity index (χ3v) is 5.53. The Labute approximate surface area is 116 Å². The van der Waals surface area contributed by atoms with E-state index in [-0.39, 0.29) is 28.8 Å². The van der Waals surface area contributed by atoms with Gasteiger partial charge in [0.1, 0.15) is 4.90 Å². The smallest absolute Gasteiger partial charge is 0.303 e. The molecule has 0 spiro atoms. The summed E-state index contributed by atoms with van der Waals surface area (Å²) in [5.41, 5.74) is 0. The van der Waals surface area contributed by atoms with Gasteiger partial charge in [0.15, 0.2) is 0 Å². The molecule has 0 aliphatic carbocycles. The van der Waals surface area contributed by atoms with Crippen LogP contribution in [0, 0.1) is 5.92 Å². The number of aliphatic carboxylic acids is 1. The van der Waals surface area contributed by atoms with Gasteiger partial charge in [0.05, 0.1) is 5.02 Å². The summed E-state index contributed by atoms with van der Waals surface area (Å²) in [6, 6.07) is 6.27. The van der Waals surface area contributed by atoms with Crippen molar-refractivity contribution in [3.05, 3.63) is 29.3 Å². The minimum atomic E-state index is -3.63. The first-order valence-corrected chi connectivity index (χ1v) is 7.69. The van der Waals surface area contributed by atoms with E-state index in [1.807, 2.05) is 0 Å². The highest BCUT2D eigenvalue weighted by Crippen LogP contribution is 2.29. The second kappa shape index (κ2) is 5.48. The standard InChI is InChI=1S/C12H14ClNO4S/c13-10-3-1-2-4-11(10)19(17,18)14-6-5-9(8-14)7-12(15)16/h1-4,9H,5-8H2,(H,15,16). The Morgan fingerprint density at radius 2 is 2.11 bits per heavy atom. The van der Waals surface area contributed by atoms with Crippen LogP contribution in [0.25, 0.3) is 0 Å². The summed E-state index contributed by atoms with van der Waals surface area (Å²) in [6.45, 7) is 0.575. The van der Waals surface area contributed by atoms with Gasteiger partial charge in [-0.25, -0.2) is 8.42 Å². The van der Waals surface area contributed by atoms with Crippen molar-refractivity contribution in [3.63, 3.8) is 0 Å². The monoisotopic (exact) mass is 303 g/mol. The van der Waals surface area contributed by atoms with E-state index in [9.17, 15) is 13.2 Å². The van der Waals surface area contributed by atoms with Crippen LogP contribution in [-0.4, -0.2) is 36.9 Å². The van der Waals surface area contributed by atoms with E-state index in [2.05, 4.69) is 0 Å². The molecule has 0 radical (unpaired) electrons. The highest BCUT2D eigenvalue weighted by atomic mass is 35.5. The fourth-order valence-corrected chi connectivity index (χ4v) is 4.25. The fraction of sp³-hybridized carbons (Fsp3) is 0.417. The van der Waals surface area contributed by atoms with Gasteiger partial charge < -0.3 is 5.11 Å². The molecular weight excluding hydrogens is 290 g/mol. The number of carboxylic acids is 1. The van der Waals surface area contributed by atoms with E-state index < -0.39 is 16.0 Å². The van der Waals surface area contributed by atoms with Crippen LogP contribution in [0.15, 0.2) is 29.2 Å². The normalized spacial score (nSPS) is 20.6. The van der Waals surface area contributed by atoms with Crippen molar-refractivity contribution in [1.29, 1.82) is 0 Å². The van der Waals surface area contributed by atoms with Crippen LogP contribution >= 0.6 is 11.6 Å². The zero-order chi connectivity index (χ0) is 14.0. The summed E-state index contributed by atoms with van der Waals surface area (Å²) >= 11 is 5.91. The van der Waals surface area contributed by atoms with E-state index in [4.69, 9.17) is 16.7 Å². The Bertz CT molecular complexity index is 587. The van der Waals surface area contributed by atoms with Gasteiger partial charge in [0.2, 0.25) is 10.0 Å². The second-order valence-corrected chi connectivity index (χ2v) is 6.86. The molecule has 0 bridgehead atoms. The molecule has 1 aliphatic rings. The third kappa shape index (κ3) is 3.08. The lowest BCUT2D eigenvalue weighted by Gasteiger charge is -2.17. The van der Waals surface area contributed by atoms with Gasteiger partial charge >= 0.3 is 5.97 Å². The predicted octanol–water partition coefficient (Wildman–Crippen LogP) is 1.83. The van der Waals surface area contributed by atoms with Crippen molar-refractivity contribution in [2.75, 3.05) is 13.1 Å². The minimum absolute atomic E-state index is 0.00541. The van der Waals surface area contributed by atoms with Crippen LogP contribution in [0.2, 0.25) is 5.02 Å². The molecule has 1 fully saturated rings. The third-order valence-electron chi connectivity index (χ3n) is 3.17. The maximum Gasteiger partial charge on any atom is 0.303 e. The Balaban J connectivity index is 2.19. The number of benzene rings is 1. The lowest BCUT2D eigenvalue weighted by Crippen LogP contribution is -2.29. The van der Waals surface area contributed by atoms with Crippen molar-refractivity contribution < 1.29 is 18.3 Å². The van der Waals surface area contributed by atoms with Crippen LogP contribution < -0.4 is 0 Å². The fourth-order valence-electron chi connectivity index (χ4n) is 2.22. The van der Waals surface area contributed by atoms with Gasteiger partial charge in [-0.1, -0.05) is 23.7 Å². The number of hydrogen-bond acceptors (Lipinski definition) is 3. The molecule has 1 saturated heterocycles. The van der Waals surface area contributed by atoms with Crippen molar-refractivity contribution >= 4 is 27.6 Å². The quantitative estimate of drug-likeness (QED) is 0.921. The Morgan fingerprint density at radius 1 is 1.42 bits per heavy atom. The minimum Gasteiger partial charge on any atom is -0.481 e. The summed E-state index contributed by atoms with van der Waals surface area (Å²) in [4.78, 5) is 10.7. The molecule has 5 nitrogen and oxygen atoms in total. The maximum atomic E-state index is 12.4. The lowest BCUT2D eigenvalue weighted by molar-refractivity contribution is -0.137. The van der Waals surface area contributed by atoms with E-state index in [0.717, 1.165) is 0 Å². The van der Waals surface area contributed by atoms with E-state index in [1.165, 1.54) is 16.4 Å². The average Bonchev–Trinajstić information content (AvgIpc) is 2.77. The van der Waals surface area contributed by atoms with E-state index >= 15 is 0 Å². The molecular formula is C12H14ClNO4S. The number of hydrogen-bond donors (Lipinski definition) is 1. The Morgan fingerprint density at radius 3 is 2.74 bits per heavy atom. The van der Waals surface area contributed by atoms with E-state index in [1.54, 1.807) is 12.1 Å². The van der Waals surface area contributed by atoms with Crippen molar-refractivity contribution in [2.45, 2.75) is 17.7 Å². The molecule has 1 N–H and O–H groups in total. The lowest BCUT2D eigenvalue weighted by atomic mass is 10.1. The van der Waals surface area contributed by atoms with Gasteiger partial charge in [-0.3, -0.25) is 4.79 Å². The summed E-state index contributed by atoms with van der Waals surface area (Å²) in [7, 11) is -3.63. The molecule has 19 heavy (non-hydrogen) atoms. The number of carbonyl (C=O) groups is 1. The van der Waals surface area contributed by atoms with Gasteiger partial charge in [0, 0.05) is 19.5 Å². The number of sulfonamides is 1. The molecule has 1 unspecified atom stereocenters. The molecule has 1 aliphatic heterocycles. The largest absolute Gasteiger partial charge is 0.481 e. The van der Waals surface area contributed by atoms with Crippen LogP contribution in [0.1, 0.15) is 12.8 Å². The van der Waals surface area contributed by atoms with Gasteiger partial charge in [-0.2, -0.15) is 4.31 Å². The van der Waals surface area contributed by atoms with Crippen LogP contribution in [0.5, 0.6) is 0 Å². The number of carboxylic acid groups (broad SMARTS) is 1. The molecule has 1 heterocycles. The molecule has 2 rings (SSSR count). The first kappa shape index (κ1) is 14.3. The van der Waals surface area contributed by atoms with Gasteiger partial charge in [0.25, 0.3) is 0 Å². The molecule has 1 aromatic carbocycles. The first-order chi connectivity index (χ1) is 8.91. The Hall–Kier alpha value is -1.11. The molecule has 1 atom stereocenters. The van der Waals surface area contributed by atoms with Crippen LogP contribution in [0.3, 0.4) is 0 Å². The maximum absolute atomic E-state index is 12.4. The van der Waals surface area contributed by atoms with Gasteiger partial charge in [-0.05, 0) is 24.5 Å². The highest BCUT2D eigenvalue weighted by Gasteiger charge is 2.34. The molecule has 1 aromatic rings. The molecule has 0 amide bonds. The van der Waals surface area contributed by atoms with Gasteiger partial charge in [-0.15, -0.1) is 0 Å². The number of nitrogens with zero attached hydrogens (tertiary/aromatic N) is 1. The zero-order valence-electron chi connectivity index (χ0n) is 10.1. The van der Waals surface area contributed by atoms with Crippen molar-refractivity contribution in [3.8, 4) is 0 Å². The number of halogens is 1. The molecule has 7 heteroatoms.